The van der Waals surface area contributed by atoms with Crippen molar-refractivity contribution in [3.8, 4) is 17.0 Å². The zero-order chi connectivity index (χ0) is 25.6. The number of pyridine rings is 1. The number of carbonyl (C=O) groups excluding carboxylic acids is 1. The summed E-state index contributed by atoms with van der Waals surface area (Å²) in [6.45, 7) is 0.555. The van der Waals surface area contributed by atoms with Crippen LogP contribution in [-0.4, -0.2) is 32.5 Å². The number of carbonyl (C=O) groups is 1. The molecule has 0 fully saturated rings. The molecule has 0 saturated heterocycles. The van der Waals surface area contributed by atoms with Crippen molar-refractivity contribution in [2.75, 3.05) is 12.4 Å². The topological polar surface area (TPSA) is 114 Å². The largest absolute Gasteiger partial charge is 0.497 e. The molecule has 2 aromatic carbocycles. The van der Waals surface area contributed by atoms with E-state index in [1.165, 1.54) is 4.57 Å². The van der Waals surface area contributed by atoms with Crippen molar-refractivity contribution in [3.63, 3.8) is 0 Å². The number of ether oxygens (including phenoxy) is 1. The average molecular weight is 495 g/mol. The Hall–Kier alpha value is -4.92. The Balaban J connectivity index is 1.35. The van der Waals surface area contributed by atoms with Gasteiger partial charge in [-0.25, -0.2) is 4.98 Å². The third-order valence-electron chi connectivity index (χ3n) is 6.00. The van der Waals surface area contributed by atoms with Gasteiger partial charge in [0.1, 0.15) is 12.3 Å². The maximum Gasteiger partial charge on any atom is 0.294 e. The molecule has 3 aromatic heterocycles. The van der Waals surface area contributed by atoms with Crippen LogP contribution in [0.25, 0.3) is 22.2 Å². The summed E-state index contributed by atoms with van der Waals surface area (Å²) in [7, 11) is 1.61. The Labute approximate surface area is 213 Å². The van der Waals surface area contributed by atoms with Gasteiger partial charge in [-0.1, -0.05) is 42.5 Å². The van der Waals surface area contributed by atoms with Gasteiger partial charge in [0.05, 0.1) is 25.5 Å². The van der Waals surface area contributed by atoms with Gasteiger partial charge in [0.2, 0.25) is 5.91 Å². The normalized spacial score (nSPS) is 10.8. The minimum absolute atomic E-state index is 0.148. The van der Waals surface area contributed by atoms with Gasteiger partial charge in [-0.3, -0.25) is 19.1 Å². The van der Waals surface area contributed by atoms with Crippen LogP contribution in [0.3, 0.4) is 0 Å². The van der Waals surface area contributed by atoms with Crippen LogP contribution >= 0.6 is 0 Å². The number of amides is 1. The van der Waals surface area contributed by atoms with Gasteiger partial charge in [-0.05, 0) is 35.4 Å². The molecule has 0 spiro atoms. The second-order valence-corrected chi connectivity index (χ2v) is 8.49. The summed E-state index contributed by atoms with van der Waals surface area (Å²) in [5.41, 5.74) is 3.75. The van der Waals surface area contributed by atoms with E-state index in [9.17, 15) is 9.59 Å². The number of H-pyrrole nitrogens is 1. The number of aromatic amines is 1. The number of aromatic nitrogens is 4. The van der Waals surface area contributed by atoms with E-state index in [1.54, 1.807) is 25.7 Å². The molecule has 0 radical (unpaired) electrons. The molecule has 0 bridgehead atoms. The smallest absolute Gasteiger partial charge is 0.294 e. The lowest BCUT2D eigenvalue weighted by Gasteiger charge is -2.15. The van der Waals surface area contributed by atoms with Crippen molar-refractivity contribution >= 4 is 22.6 Å². The number of anilines is 1. The molecule has 0 aliphatic heterocycles. The Morgan fingerprint density at radius 2 is 1.84 bits per heavy atom. The number of nitrogens with one attached hydrogen (secondary N) is 3. The number of benzene rings is 2. The molecule has 3 N–H and O–H groups in total. The van der Waals surface area contributed by atoms with Crippen molar-refractivity contribution in [3.05, 3.63) is 107 Å². The number of hydrogen-bond donors (Lipinski definition) is 3. The lowest BCUT2D eigenvalue weighted by Crippen LogP contribution is -2.34. The molecule has 37 heavy (non-hydrogen) atoms. The maximum absolute atomic E-state index is 13.4. The third kappa shape index (κ3) is 5.51. The van der Waals surface area contributed by atoms with Crippen molar-refractivity contribution in [1.29, 1.82) is 0 Å². The zero-order valence-corrected chi connectivity index (χ0v) is 20.3. The molecule has 5 aromatic rings. The van der Waals surface area contributed by atoms with E-state index in [1.807, 2.05) is 66.7 Å². The average Bonchev–Trinajstić information content (AvgIpc) is 3.36. The molecule has 1 amide bonds. The van der Waals surface area contributed by atoms with Crippen LogP contribution < -0.4 is 20.9 Å². The summed E-state index contributed by atoms with van der Waals surface area (Å²) >= 11 is 0. The lowest BCUT2D eigenvalue weighted by molar-refractivity contribution is -0.121. The Morgan fingerprint density at radius 3 is 2.59 bits per heavy atom. The van der Waals surface area contributed by atoms with Crippen LogP contribution in [0.15, 0.2) is 90.1 Å². The van der Waals surface area contributed by atoms with Gasteiger partial charge in [0.15, 0.2) is 5.82 Å². The third-order valence-corrected chi connectivity index (χ3v) is 6.00. The summed E-state index contributed by atoms with van der Waals surface area (Å²) < 4.78 is 6.64. The first-order valence-corrected chi connectivity index (χ1v) is 11.8. The van der Waals surface area contributed by atoms with E-state index < -0.39 is 0 Å². The first kappa shape index (κ1) is 23.8. The van der Waals surface area contributed by atoms with Gasteiger partial charge in [0, 0.05) is 35.5 Å². The van der Waals surface area contributed by atoms with Crippen LogP contribution in [-0.2, 0) is 24.4 Å². The molecule has 0 aliphatic carbocycles. The summed E-state index contributed by atoms with van der Waals surface area (Å²) in [6, 6.07) is 20.8. The molecule has 3 heterocycles. The van der Waals surface area contributed by atoms with Gasteiger partial charge in [0.25, 0.3) is 5.56 Å². The highest BCUT2D eigenvalue weighted by atomic mass is 16.5. The molecule has 186 valence electrons. The van der Waals surface area contributed by atoms with Gasteiger partial charge in [-0.15, -0.1) is 0 Å². The van der Waals surface area contributed by atoms with Crippen LogP contribution in [0.1, 0.15) is 11.3 Å². The number of rotatable bonds is 9. The van der Waals surface area contributed by atoms with Crippen LogP contribution in [0, 0.1) is 0 Å². The molecule has 0 saturated carbocycles. The van der Waals surface area contributed by atoms with Crippen molar-refractivity contribution in [2.24, 2.45) is 0 Å². The number of methoxy groups -OCH3 is 1. The number of nitrogens with zero attached hydrogens (tertiary/aromatic N) is 3. The van der Waals surface area contributed by atoms with E-state index in [4.69, 9.17) is 4.74 Å². The summed E-state index contributed by atoms with van der Waals surface area (Å²) in [5.74, 6) is 0.640. The zero-order valence-electron chi connectivity index (χ0n) is 20.3. The van der Waals surface area contributed by atoms with E-state index in [0.29, 0.717) is 18.8 Å². The van der Waals surface area contributed by atoms with Crippen LogP contribution in [0.5, 0.6) is 5.75 Å². The molecule has 0 aliphatic rings. The monoisotopic (exact) mass is 494 g/mol. The fraction of sp³-hybridized carbons (Fsp3) is 0.143. The number of hydrogen-bond acceptors (Lipinski definition) is 6. The first-order chi connectivity index (χ1) is 18.1. The predicted octanol–water partition coefficient (Wildman–Crippen LogP) is 3.72. The predicted molar refractivity (Wildman–Crippen MR) is 142 cm³/mol. The highest BCUT2D eigenvalue weighted by Crippen LogP contribution is 2.18. The fourth-order valence-corrected chi connectivity index (χ4v) is 4.06. The first-order valence-electron chi connectivity index (χ1n) is 11.8. The minimum Gasteiger partial charge on any atom is -0.497 e. The van der Waals surface area contributed by atoms with Gasteiger partial charge < -0.3 is 20.4 Å². The second-order valence-electron chi connectivity index (χ2n) is 8.49. The van der Waals surface area contributed by atoms with E-state index in [0.717, 1.165) is 33.5 Å². The second kappa shape index (κ2) is 10.8. The van der Waals surface area contributed by atoms with Crippen LogP contribution in [0.4, 0.5) is 5.82 Å². The SMILES string of the molecule is COc1ccc(CNc2ncc(-c3ccccc3)n(CC(=O)NCc3cc4cnccc4[nH]3)c2=O)cc1. The summed E-state index contributed by atoms with van der Waals surface area (Å²) in [4.78, 5) is 38.1. The maximum atomic E-state index is 13.4. The molecule has 0 atom stereocenters. The Morgan fingerprint density at radius 1 is 1.03 bits per heavy atom. The van der Waals surface area contributed by atoms with Crippen molar-refractivity contribution in [1.82, 2.24) is 24.8 Å². The molecule has 9 nitrogen and oxygen atoms in total. The number of fused-ring (bicyclic) bond motifs is 1. The van der Waals surface area contributed by atoms with Crippen molar-refractivity contribution in [2.45, 2.75) is 19.6 Å². The van der Waals surface area contributed by atoms with E-state index in [2.05, 4.69) is 25.6 Å². The van der Waals surface area contributed by atoms with E-state index in [-0.39, 0.29) is 23.8 Å². The summed E-state index contributed by atoms with van der Waals surface area (Å²) in [5, 5.41) is 6.97. The quantitative estimate of drug-likeness (QED) is 0.288. The highest BCUT2D eigenvalue weighted by molar-refractivity contribution is 5.80. The highest BCUT2D eigenvalue weighted by Gasteiger charge is 2.15. The molecular formula is C28H26N6O3. The van der Waals surface area contributed by atoms with Gasteiger partial charge >= 0.3 is 0 Å². The minimum atomic E-state index is -0.373. The fourth-order valence-electron chi connectivity index (χ4n) is 4.06. The molecule has 9 heteroatoms. The molecule has 0 unspecified atom stereocenters. The van der Waals surface area contributed by atoms with Crippen molar-refractivity contribution < 1.29 is 9.53 Å². The molecular weight excluding hydrogens is 468 g/mol. The Bertz CT molecular complexity index is 1540. The standard InChI is InChI=1S/C28H26N6O3/c1-37-23-9-7-19(8-10-23)14-31-27-28(36)34(25(17-32-27)20-5-3-2-4-6-20)18-26(35)30-16-22-13-21-15-29-12-11-24(21)33-22/h2-13,15,17,33H,14,16,18H2,1H3,(H,30,35)(H,31,32). The van der Waals surface area contributed by atoms with Crippen LogP contribution in [0.2, 0.25) is 0 Å². The molecule has 5 rings (SSSR count). The summed E-state index contributed by atoms with van der Waals surface area (Å²) in [6.07, 6.45) is 5.09. The van der Waals surface area contributed by atoms with Gasteiger partial charge in [-0.2, -0.15) is 0 Å². The lowest BCUT2D eigenvalue weighted by atomic mass is 10.1. The Kier molecular flexibility index (Phi) is 6.93. The van der Waals surface area contributed by atoms with E-state index >= 15 is 0 Å².